The highest BCUT2D eigenvalue weighted by Gasteiger charge is 2.21. The topological polar surface area (TPSA) is 216 Å². The molecule has 3 N–H and O–H groups in total. The molecule has 0 radical (unpaired) electrons. The molecule has 4 rings (SSSR count). The summed E-state index contributed by atoms with van der Waals surface area (Å²) in [5, 5.41) is 20.5. The summed E-state index contributed by atoms with van der Waals surface area (Å²) in [7, 11) is -11.7. The lowest BCUT2D eigenvalue weighted by Crippen LogP contribution is -2.23. The Bertz CT molecular complexity index is 2050. The number of hydrogen-bond donors (Lipinski definition) is 3. The number of rotatable bonds is 12. The van der Waals surface area contributed by atoms with Crippen molar-refractivity contribution in [3.8, 4) is 11.5 Å². The monoisotopic (exact) mass is 661 g/mol. The number of carbonyl (C=O) groups is 1. The number of ether oxygens (including phenoxy) is 1. The average Bonchev–Trinajstić information content (AvgIpc) is 2.97. The van der Waals surface area contributed by atoms with Crippen molar-refractivity contribution in [3.05, 3.63) is 112 Å². The van der Waals surface area contributed by atoms with E-state index in [0.717, 1.165) is 36.6 Å². The number of non-ortho nitro benzene ring substituents is 1. The number of hydrogen-bond acceptors (Lipinski definition) is 10. The number of nitro groups is 1. The first-order valence-electron chi connectivity index (χ1n) is 12.3. The number of carboxylic acids is 1. The van der Waals surface area contributed by atoms with E-state index in [4.69, 9.17) is 4.74 Å². The Balaban J connectivity index is 1.43. The van der Waals surface area contributed by atoms with Crippen LogP contribution in [0.15, 0.2) is 106 Å². The molecule has 4 aromatic rings. The van der Waals surface area contributed by atoms with Crippen LogP contribution in [0.3, 0.4) is 0 Å². The summed E-state index contributed by atoms with van der Waals surface area (Å²) in [6, 6.07) is 18.6. The van der Waals surface area contributed by atoms with Crippen molar-refractivity contribution in [2.75, 3.05) is 11.0 Å². The largest absolute Gasteiger partial charge is 0.478 e. The zero-order chi connectivity index (χ0) is 32.3. The van der Waals surface area contributed by atoms with Gasteiger partial charge in [-0.25, -0.2) is 34.8 Å². The van der Waals surface area contributed by atoms with Crippen molar-refractivity contribution in [1.29, 1.82) is 0 Å². The number of benzene rings is 4. The Labute approximate surface area is 252 Å². The highest BCUT2D eigenvalue weighted by molar-refractivity contribution is 7.92. The van der Waals surface area contributed by atoms with E-state index in [1.807, 2.05) is 0 Å². The molecule has 0 spiro atoms. The molecule has 0 amide bonds. The second-order valence-electron chi connectivity index (χ2n) is 9.18. The molecule has 230 valence electrons. The van der Waals surface area contributed by atoms with E-state index in [-0.39, 0.29) is 44.1 Å². The van der Waals surface area contributed by atoms with Crippen LogP contribution in [0.25, 0.3) is 0 Å². The fraction of sp³-hybridized carbons (Fsp3) is 0.0741. The normalized spacial score (nSPS) is 11.9. The summed E-state index contributed by atoms with van der Waals surface area (Å²) in [5.41, 5.74) is -0.457. The number of sulfonamides is 2. The summed E-state index contributed by atoms with van der Waals surface area (Å²) in [4.78, 5) is 21.6. The van der Waals surface area contributed by atoms with E-state index in [1.165, 1.54) is 48.5 Å². The van der Waals surface area contributed by atoms with Gasteiger partial charge in [0.1, 0.15) is 11.5 Å². The van der Waals surface area contributed by atoms with Gasteiger partial charge in [0.2, 0.25) is 10.0 Å². The Morgan fingerprint density at radius 1 is 0.773 bits per heavy atom. The van der Waals surface area contributed by atoms with E-state index in [2.05, 4.69) is 9.44 Å². The maximum atomic E-state index is 12.7. The lowest BCUT2D eigenvalue weighted by molar-refractivity contribution is -0.384. The molecule has 44 heavy (non-hydrogen) atoms. The number of anilines is 1. The highest BCUT2D eigenvalue weighted by atomic mass is 32.2. The number of carboxylic acid groups (broad SMARTS) is 1. The van der Waals surface area contributed by atoms with Gasteiger partial charge < -0.3 is 9.84 Å². The fourth-order valence-corrected chi connectivity index (χ4v) is 6.47. The maximum Gasteiger partial charge on any atom is 0.337 e. The van der Waals surface area contributed by atoms with Crippen molar-refractivity contribution >= 4 is 47.2 Å². The zero-order valence-electron chi connectivity index (χ0n) is 22.6. The number of nitrogens with zero attached hydrogens (tertiary/aromatic N) is 1. The van der Waals surface area contributed by atoms with Crippen molar-refractivity contribution in [2.24, 2.45) is 0 Å². The number of sulfone groups is 1. The number of nitro benzene ring substituents is 1. The molecule has 0 saturated carbocycles. The molecule has 0 heterocycles. The second-order valence-corrected chi connectivity index (χ2v) is 14.6. The summed E-state index contributed by atoms with van der Waals surface area (Å²) in [6.45, 7) is -0.0940. The molecule has 17 heteroatoms. The Morgan fingerprint density at radius 3 is 1.84 bits per heavy atom. The maximum absolute atomic E-state index is 12.7. The van der Waals surface area contributed by atoms with Crippen LogP contribution in [-0.2, 0) is 36.4 Å². The Kier molecular flexibility index (Phi) is 9.05. The van der Waals surface area contributed by atoms with Crippen molar-refractivity contribution < 1.29 is 44.8 Å². The van der Waals surface area contributed by atoms with Crippen LogP contribution in [-0.4, -0.2) is 47.5 Å². The van der Waals surface area contributed by atoms with Gasteiger partial charge in [0.25, 0.3) is 15.7 Å². The van der Waals surface area contributed by atoms with E-state index >= 15 is 0 Å². The summed E-state index contributed by atoms with van der Waals surface area (Å²) in [5.74, 6) is -1.12. The van der Waals surface area contributed by atoms with Gasteiger partial charge in [0, 0.05) is 24.9 Å². The van der Waals surface area contributed by atoms with Crippen LogP contribution in [0, 0.1) is 10.1 Å². The summed E-state index contributed by atoms with van der Waals surface area (Å²) < 4.78 is 84.1. The van der Waals surface area contributed by atoms with Gasteiger partial charge in [-0.2, -0.15) is 0 Å². The molecule has 0 saturated heterocycles. The minimum absolute atomic E-state index is 0.0132. The molecule has 0 aliphatic carbocycles. The number of nitrogens with one attached hydrogen (secondary N) is 2. The molecule has 14 nitrogen and oxygen atoms in total. The molecular formula is C27H23N3O11S3. The van der Waals surface area contributed by atoms with Crippen LogP contribution < -0.4 is 14.2 Å². The van der Waals surface area contributed by atoms with Gasteiger partial charge in [0.15, 0.2) is 9.84 Å². The van der Waals surface area contributed by atoms with Gasteiger partial charge in [-0.1, -0.05) is 12.1 Å². The Hall–Kier alpha value is -4.84. The highest BCUT2D eigenvalue weighted by Crippen LogP contribution is 2.29. The van der Waals surface area contributed by atoms with Gasteiger partial charge in [0.05, 0.1) is 30.9 Å². The SMILES string of the molecule is CS(=O)(=O)c1ccc(S(=O)(=O)NCc2ccc(Oc3ccc(NS(=O)(=O)c4ccc([N+](=O)[O-])cc4)c(C(=O)O)c3)cc2)cc1. The van der Waals surface area contributed by atoms with Crippen molar-refractivity contribution in [1.82, 2.24) is 4.72 Å². The predicted molar refractivity (Wildman–Crippen MR) is 157 cm³/mol. The molecule has 0 fully saturated rings. The average molecular weight is 662 g/mol. The third-order valence-electron chi connectivity index (χ3n) is 6.01. The quantitative estimate of drug-likeness (QED) is 0.147. The molecule has 0 atom stereocenters. The summed E-state index contributed by atoms with van der Waals surface area (Å²) >= 11 is 0. The molecular weight excluding hydrogens is 639 g/mol. The first-order valence-corrected chi connectivity index (χ1v) is 17.1. The second kappa shape index (κ2) is 12.4. The molecule has 0 aliphatic heterocycles. The Morgan fingerprint density at radius 2 is 1.30 bits per heavy atom. The van der Waals surface area contributed by atoms with Crippen LogP contribution in [0.1, 0.15) is 15.9 Å². The third-order valence-corrected chi connectivity index (χ3v) is 9.94. The lowest BCUT2D eigenvalue weighted by Gasteiger charge is -2.13. The van der Waals surface area contributed by atoms with E-state index in [0.29, 0.717) is 5.56 Å². The third kappa shape index (κ3) is 7.75. The van der Waals surface area contributed by atoms with Crippen LogP contribution >= 0.6 is 0 Å². The minimum Gasteiger partial charge on any atom is -0.478 e. The van der Waals surface area contributed by atoms with Gasteiger partial charge in [-0.3, -0.25) is 14.8 Å². The first kappa shape index (κ1) is 32.1. The lowest BCUT2D eigenvalue weighted by atomic mass is 10.1. The smallest absolute Gasteiger partial charge is 0.337 e. The summed E-state index contributed by atoms with van der Waals surface area (Å²) in [6.07, 6.45) is 1.01. The van der Waals surface area contributed by atoms with Gasteiger partial charge in [-0.15, -0.1) is 0 Å². The zero-order valence-corrected chi connectivity index (χ0v) is 25.0. The van der Waals surface area contributed by atoms with Crippen LogP contribution in [0.4, 0.5) is 11.4 Å². The van der Waals surface area contributed by atoms with Gasteiger partial charge in [-0.05, 0) is 72.3 Å². The molecule has 0 aliphatic rings. The fourth-order valence-electron chi connectivity index (χ4n) is 3.74. The van der Waals surface area contributed by atoms with Crippen LogP contribution in [0.5, 0.6) is 11.5 Å². The van der Waals surface area contributed by atoms with E-state index in [1.54, 1.807) is 12.1 Å². The van der Waals surface area contributed by atoms with Crippen molar-refractivity contribution in [2.45, 2.75) is 21.2 Å². The van der Waals surface area contributed by atoms with E-state index < -0.39 is 46.3 Å². The first-order chi connectivity index (χ1) is 20.5. The van der Waals surface area contributed by atoms with Gasteiger partial charge >= 0.3 is 5.97 Å². The molecule has 4 aromatic carbocycles. The van der Waals surface area contributed by atoms with Crippen molar-refractivity contribution in [3.63, 3.8) is 0 Å². The standard InChI is InChI=1S/C27H23N3O11S3/c1-42(35,36)22-11-13-23(14-12-22)43(37,38)28-17-18-2-6-20(7-3-18)41-21-8-15-26(25(16-21)27(31)32)29-44(39,40)24-9-4-19(5-10-24)30(33)34/h2-16,28-29H,17H2,1H3,(H,31,32). The molecule has 0 aromatic heterocycles. The van der Waals surface area contributed by atoms with Crippen LogP contribution in [0.2, 0.25) is 0 Å². The van der Waals surface area contributed by atoms with E-state index in [9.17, 15) is 45.3 Å². The molecule has 0 unspecified atom stereocenters. The molecule has 0 bridgehead atoms. The predicted octanol–water partition coefficient (Wildman–Crippen LogP) is 3.77. The number of aromatic carboxylic acids is 1. The minimum atomic E-state index is -4.28.